The zero-order valence-electron chi connectivity index (χ0n) is 9.42. The number of carbonyl (C=O) groups excluding carboxylic acids is 2. The Hall–Kier alpha value is -1.14. The molecule has 0 aliphatic carbocycles. The van der Waals surface area contributed by atoms with E-state index in [2.05, 4.69) is 16.0 Å². The Kier molecular flexibility index (Phi) is 7.57. The topological polar surface area (TPSA) is 79.5 Å². The molecule has 15 heavy (non-hydrogen) atoms. The fraction of sp³-hybridized carbons (Fsp3) is 0.778. The summed E-state index contributed by atoms with van der Waals surface area (Å²) in [7, 11) is 3.12. The number of ether oxygens (including phenoxy) is 1. The van der Waals surface area contributed by atoms with E-state index in [1.165, 1.54) is 0 Å². The van der Waals surface area contributed by atoms with Crippen molar-refractivity contribution in [2.75, 3.05) is 33.9 Å². The van der Waals surface area contributed by atoms with Crippen molar-refractivity contribution in [3.8, 4) is 0 Å². The predicted octanol–water partition coefficient (Wildman–Crippen LogP) is -1.53. The Morgan fingerprint density at radius 1 is 1.27 bits per heavy atom. The SMILES string of the molecule is CNC(=O)CNCC(=O)NC(C)COC. The molecule has 6 nitrogen and oxygen atoms in total. The van der Waals surface area contributed by atoms with Gasteiger partial charge in [-0.3, -0.25) is 14.9 Å². The van der Waals surface area contributed by atoms with Crippen molar-refractivity contribution in [3.05, 3.63) is 0 Å². The predicted molar refractivity (Wildman–Crippen MR) is 56.4 cm³/mol. The van der Waals surface area contributed by atoms with E-state index in [1.54, 1.807) is 14.2 Å². The minimum Gasteiger partial charge on any atom is -0.383 e. The van der Waals surface area contributed by atoms with E-state index in [0.717, 1.165) is 0 Å². The summed E-state index contributed by atoms with van der Waals surface area (Å²) in [6.07, 6.45) is 0. The number of carbonyl (C=O) groups is 2. The van der Waals surface area contributed by atoms with Crippen molar-refractivity contribution in [1.82, 2.24) is 16.0 Å². The highest BCUT2D eigenvalue weighted by atomic mass is 16.5. The third-order valence-corrected chi connectivity index (χ3v) is 1.67. The molecule has 1 atom stereocenters. The molecule has 1 unspecified atom stereocenters. The summed E-state index contributed by atoms with van der Waals surface area (Å²) in [6, 6.07) is -0.0238. The Labute approximate surface area is 89.7 Å². The molecule has 88 valence electrons. The third-order valence-electron chi connectivity index (χ3n) is 1.67. The Morgan fingerprint density at radius 2 is 1.87 bits per heavy atom. The number of likely N-dealkylation sites (N-methyl/N-ethyl adjacent to an activating group) is 1. The van der Waals surface area contributed by atoms with E-state index in [-0.39, 0.29) is 30.9 Å². The summed E-state index contributed by atoms with van der Waals surface area (Å²) in [5, 5.41) is 7.88. The Balaban J connectivity index is 3.53. The fourth-order valence-corrected chi connectivity index (χ4v) is 0.995. The van der Waals surface area contributed by atoms with Gasteiger partial charge in [0.25, 0.3) is 0 Å². The monoisotopic (exact) mass is 217 g/mol. The molecule has 0 aromatic heterocycles. The maximum absolute atomic E-state index is 11.2. The van der Waals surface area contributed by atoms with E-state index < -0.39 is 0 Å². The van der Waals surface area contributed by atoms with Crippen LogP contribution in [0.3, 0.4) is 0 Å². The molecule has 6 heteroatoms. The maximum atomic E-state index is 11.2. The van der Waals surface area contributed by atoms with Crippen LogP contribution in [-0.4, -0.2) is 51.7 Å². The van der Waals surface area contributed by atoms with Crippen LogP contribution in [0.1, 0.15) is 6.92 Å². The first kappa shape index (κ1) is 13.9. The van der Waals surface area contributed by atoms with E-state index in [0.29, 0.717) is 6.61 Å². The van der Waals surface area contributed by atoms with Gasteiger partial charge in [0, 0.05) is 20.2 Å². The molecule has 0 spiro atoms. The first-order chi connectivity index (χ1) is 7.10. The normalized spacial score (nSPS) is 11.9. The molecule has 0 aromatic rings. The molecule has 0 radical (unpaired) electrons. The van der Waals surface area contributed by atoms with E-state index in [1.807, 2.05) is 6.92 Å². The average Bonchev–Trinajstić information content (AvgIpc) is 2.17. The lowest BCUT2D eigenvalue weighted by Gasteiger charge is -2.12. The van der Waals surface area contributed by atoms with Crippen LogP contribution >= 0.6 is 0 Å². The molecule has 0 saturated carbocycles. The quantitative estimate of drug-likeness (QED) is 0.483. The lowest BCUT2D eigenvalue weighted by molar-refractivity contribution is -0.121. The summed E-state index contributed by atoms with van der Waals surface area (Å²) in [6.45, 7) is 2.59. The van der Waals surface area contributed by atoms with Crippen molar-refractivity contribution in [1.29, 1.82) is 0 Å². The highest BCUT2D eigenvalue weighted by molar-refractivity contribution is 5.81. The summed E-state index contributed by atoms with van der Waals surface area (Å²) in [4.78, 5) is 22.0. The molecule has 0 aliphatic rings. The van der Waals surface area contributed by atoms with Gasteiger partial charge in [-0.1, -0.05) is 0 Å². The van der Waals surface area contributed by atoms with E-state index in [9.17, 15) is 9.59 Å². The molecule has 0 heterocycles. The lowest BCUT2D eigenvalue weighted by atomic mass is 10.3. The first-order valence-electron chi connectivity index (χ1n) is 4.79. The summed E-state index contributed by atoms with van der Waals surface area (Å²) < 4.78 is 4.87. The van der Waals surface area contributed by atoms with Crippen molar-refractivity contribution in [2.45, 2.75) is 13.0 Å². The van der Waals surface area contributed by atoms with Gasteiger partial charge in [-0.05, 0) is 6.92 Å². The zero-order valence-corrected chi connectivity index (χ0v) is 9.42. The number of amides is 2. The second-order valence-electron chi connectivity index (χ2n) is 3.20. The fourth-order valence-electron chi connectivity index (χ4n) is 0.995. The number of nitrogens with one attached hydrogen (secondary N) is 3. The van der Waals surface area contributed by atoms with Crippen molar-refractivity contribution < 1.29 is 14.3 Å². The summed E-state index contributed by atoms with van der Waals surface area (Å²) in [5.74, 6) is -0.295. The standard InChI is InChI=1S/C9H19N3O3/c1-7(6-15-3)12-9(14)5-11-4-8(13)10-2/h7,11H,4-6H2,1-3H3,(H,10,13)(H,12,14). The van der Waals surface area contributed by atoms with Gasteiger partial charge < -0.3 is 15.4 Å². The van der Waals surface area contributed by atoms with Crippen LogP contribution in [0.15, 0.2) is 0 Å². The van der Waals surface area contributed by atoms with Gasteiger partial charge in [0.05, 0.1) is 19.7 Å². The second-order valence-corrected chi connectivity index (χ2v) is 3.20. The smallest absolute Gasteiger partial charge is 0.234 e. The van der Waals surface area contributed by atoms with Crippen LogP contribution in [0.4, 0.5) is 0 Å². The molecule has 0 fully saturated rings. The maximum Gasteiger partial charge on any atom is 0.234 e. The second kappa shape index (κ2) is 8.19. The molecular weight excluding hydrogens is 198 g/mol. The average molecular weight is 217 g/mol. The Bertz CT molecular complexity index is 209. The molecule has 0 saturated heterocycles. The molecule has 0 bridgehead atoms. The van der Waals surface area contributed by atoms with Crippen LogP contribution in [0, 0.1) is 0 Å². The largest absolute Gasteiger partial charge is 0.383 e. The third kappa shape index (κ3) is 7.90. The van der Waals surface area contributed by atoms with Crippen LogP contribution in [0.5, 0.6) is 0 Å². The summed E-state index contributed by atoms with van der Waals surface area (Å²) in [5.41, 5.74) is 0. The van der Waals surface area contributed by atoms with Crippen LogP contribution in [-0.2, 0) is 14.3 Å². The van der Waals surface area contributed by atoms with Gasteiger partial charge in [0.1, 0.15) is 0 Å². The van der Waals surface area contributed by atoms with Crippen LogP contribution in [0.25, 0.3) is 0 Å². The summed E-state index contributed by atoms with van der Waals surface area (Å²) >= 11 is 0. The highest BCUT2D eigenvalue weighted by Gasteiger charge is 2.06. The van der Waals surface area contributed by atoms with Gasteiger partial charge >= 0.3 is 0 Å². The van der Waals surface area contributed by atoms with Crippen molar-refractivity contribution in [2.24, 2.45) is 0 Å². The molecule has 0 aliphatic heterocycles. The van der Waals surface area contributed by atoms with E-state index in [4.69, 9.17) is 4.74 Å². The van der Waals surface area contributed by atoms with Crippen LogP contribution < -0.4 is 16.0 Å². The number of rotatable bonds is 7. The van der Waals surface area contributed by atoms with Crippen molar-refractivity contribution >= 4 is 11.8 Å². The van der Waals surface area contributed by atoms with Crippen molar-refractivity contribution in [3.63, 3.8) is 0 Å². The van der Waals surface area contributed by atoms with Gasteiger partial charge in [0.15, 0.2) is 0 Å². The van der Waals surface area contributed by atoms with Gasteiger partial charge in [0.2, 0.25) is 11.8 Å². The number of hydrogen-bond acceptors (Lipinski definition) is 4. The molecular formula is C9H19N3O3. The molecule has 3 N–H and O–H groups in total. The molecule has 0 aromatic carbocycles. The molecule has 0 rings (SSSR count). The van der Waals surface area contributed by atoms with Crippen LogP contribution in [0.2, 0.25) is 0 Å². The Morgan fingerprint density at radius 3 is 2.40 bits per heavy atom. The first-order valence-corrected chi connectivity index (χ1v) is 4.79. The van der Waals surface area contributed by atoms with Gasteiger partial charge in [-0.25, -0.2) is 0 Å². The molecule has 2 amide bonds. The number of hydrogen-bond donors (Lipinski definition) is 3. The zero-order chi connectivity index (χ0) is 11.7. The van der Waals surface area contributed by atoms with Gasteiger partial charge in [-0.15, -0.1) is 0 Å². The van der Waals surface area contributed by atoms with Gasteiger partial charge in [-0.2, -0.15) is 0 Å². The number of methoxy groups -OCH3 is 1. The highest BCUT2D eigenvalue weighted by Crippen LogP contribution is 1.81. The minimum absolute atomic E-state index is 0.0238. The minimum atomic E-state index is -0.150. The lowest BCUT2D eigenvalue weighted by Crippen LogP contribution is -2.43. The van der Waals surface area contributed by atoms with E-state index >= 15 is 0 Å².